The summed E-state index contributed by atoms with van der Waals surface area (Å²) in [6.45, 7) is 6.82. The maximum absolute atomic E-state index is 13.8. The molecule has 0 aromatic heterocycles. The molecule has 0 spiro atoms. The van der Waals surface area contributed by atoms with E-state index in [0.29, 0.717) is 30.9 Å². The number of aryl methyl sites for hydroxylation is 1. The number of nitrogens with one attached hydrogen (secondary N) is 2. The van der Waals surface area contributed by atoms with Crippen LogP contribution in [0.4, 0.5) is 4.39 Å². The van der Waals surface area contributed by atoms with Gasteiger partial charge in [-0.05, 0) is 59.7 Å². The smallest absolute Gasteiger partial charge is 0.243 e. The molecular weight excluding hydrogens is 541 g/mol. The van der Waals surface area contributed by atoms with Crippen molar-refractivity contribution in [2.24, 2.45) is 5.92 Å². The van der Waals surface area contributed by atoms with Gasteiger partial charge in [0.1, 0.15) is 11.9 Å². The summed E-state index contributed by atoms with van der Waals surface area (Å²) in [6, 6.07) is 21.1. The van der Waals surface area contributed by atoms with E-state index in [1.165, 1.54) is 24.3 Å². The van der Waals surface area contributed by atoms with Gasteiger partial charge < -0.3 is 10.2 Å². The molecule has 0 unspecified atom stereocenters. The Hall–Kier alpha value is -3.56. The zero-order valence-corrected chi connectivity index (χ0v) is 24.8. The zero-order valence-electron chi connectivity index (χ0n) is 24.0. The normalized spacial score (nSPS) is 12.2. The van der Waals surface area contributed by atoms with Gasteiger partial charge in [-0.2, -0.15) is 0 Å². The topological polar surface area (TPSA) is 95.6 Å². The summed E-state index contributed by atoms with van der Waals surface area (Å²) in [5.41, 5.74) is 2.44. The number of carbonyl (C=O) groups excluding carboxylic acids is 2. The van der Waals surface area contributed by atoms with Crippen LogP contribution in [0.5, 0.6) is 0 Å². The lowest BCUT2D eigenvalue weighted by atomic mass is 10.0. The van der Waals surface area contributed by atoms with E-state index in [4.69, 9.17) is 0 Å². The SMILES string of the molecule is CCNS(=O)(=O)c1ccc(CCC(=O)N(Cc2ccc(F)cc2)[C@@H](Cc2ccccc2)C(=O)NCCC(C)C)cc1. The van der Waals surface area contributed by atoms with Crippen molar-refractivity contribution in [2.75, 3.05) is 13.1 Å². The molecule has 0 radical (unpaired) electrons. The molecule has 1 atom stereocenters. The van der Waals surface area contributed by atoms with Gasteiger partial charge in [-0.1, -0.05) is 75.4 Å². The van der Waals surface area contributed by atoms with Gasteiger partial charge in [0.05, 0.1) is 4.90 Å². The summed E-state index contributed by atoms with van der Waals surface area (Å²) in [6.07, 6.45) is 1.63. The number of sulfonamides is 1. The van der Waals surface area contributed by atoms with E-state index in [1.807, 2.05) is 30.3 Å². The molecule has 220 valence electrons. The lowest BCUT2D eigenvalue weighted by molar-refractivity contribution is -0.141. The molecule has 0 fully saturated rings. The molecule has 0 saturated heterocycles. The number of carbonyl (C=O) groups is 2. The summed E-state index contributed by atoms with van der Waals surface area (Å²) in [7, 11) is -3.57. The standard InChI is InChI=1S/C32H40FN3O4S/c1-4-35-41(39,40)29-17-12-25(13-18-29)14-19-31(37)36(23-27-10-15-28(33)16-11-27)30(22-26-8-6-5-7-9-26)32(38)34-21-20-24(2)3/h5-13,15-18,24,30,35H,4,14,19-23H2,1-3H3,(H,34,38)/t30-/m0/s1. The Kier molecular flexibility index (Phi) is 12.0. The van der Waals surface area contributed by atoms with Crippen molar-refractivity contribution >= 4 is 21.8 Å². The second kappa shape index (κ2) is 15.4. The van der Waals surface area contributed by atoms with Crippen LogP contribution in [-0.2, 0) is 39.0 Å². The van der Waals surface area contributed by atoms with Crippen molar-refractivity contribution in [1.29, 1.82) is 0 Å². The number of hydrogen-bond donors (Lipinski definition) is 2. The maximum Gasteiger partial charge on any atom is 0.243 e. The molecule has 41 heavy (non-hydrogen) atoms. The number of amides is 2. The van der Waals surface area contributed by atoms with E-state index in [-0.39, 0.29) is 42.0 Å². The van der Waals surface area contributed by atoms with E-state index < -0.39 is 16.1 Å². The first kappa shape index (κ1) is 32.0. The second-order valence-corrected chi connectivity index (χ2v) is 12.2. The van der Waals surface area contributed by atoms with Gasteiger partial charge >= 0.3 is 0 Å². The molecule has 9 heteroatoms. The average Bonchev–Trinajstić information content (AvgIpc) is 2.95. The van der Waals surface area contributed by atoms with Gasteiger partial charge in [0.15, 0.2) is 0 Å². The molecule has 3 aromatic rings. The molecule has 0 heterocycles. The molecule has 3 rings (SSSR count). The number of rotatable bonds is 15. The van der Waals surface area contributed by atoms with Crippen LogP contribution in [0.3, 0.4) is 0 Å². The number of halogens is 1. The summed E-state index contributed by atoms with van der Waals surface area (Å²) in [5, 5.41) is 3.01. The lowest BCUT2D eigenvalue weighted by Gasteiger charge is -2.32. The third-order valence-electron chi connectivity index (χ3n) is 6.75. The Morgan fingerprint density at radius 2 is 1.51 bits per heavy atom. The van der Waals surface area contributed by atoms with E-state index in [2.05, 4.69) is 23.9 Å². The number of benzene rings is 3. The molecule has 3 aromatic carbocycles. The van der Waals surface area contributed by atoms with E-state index >= 15 is 0 Å². The fraction of sp³-hybridized carbons (Fsp3) is 0.375. The molecule has 2 N–H and O–H groups in total. The Morgan fingerprint density at radius 3 is 2.12 bits per heavy atom. The summed E-state index contributed by atoms with van der Waals surface area (Å²) < 4.78 is 40.6. The predicted molar refractivity (Wildman–Crippen MR) is 159 cm³/mol. The van der Waals surface area contributed by atoms with Gasteiger partial charge in [-0.3, -0.25) is 9.59 Å². The van der Waals surface area contributed by atoms with Crippen molar-refractivity contribution in [2.45, 2.75) is 63.9 Å². The van der Waals surface area contributed by atoms with Gasteiger partial charge in [0.2, 0.25) is 21.8 Å². The Balaban J connectivity index is 1.85. The van der Waals surface area contributed by atoms with Crippen LogP contribution in [-0.4, -0.2) is 44.3 Å². The average molecular weight is 582 g/mol. The Labute approximate surface area is 243 Å². The third-order valence-corrected chi connectivity index (χ3v) is 8.32. The first-order valence-corrected chi connectivity index (χ1v) is 15.5. The molecule has 0 aliphatic carbocycles. The number of hydrogen-bond acceptors (Lipinski definition) is 4. The predicted octanol–water partition coefficient (Wildman–Crippen LogP) is 4.86. The first-order valence-electron chi connectivity index (χ1n) is 14.0. The molecule has 0 saturated carbocycles. The minimum absolute atomic E-state index is 0.116. The fourth-order valence-electron chi connectivity index (χ4n) is 4.45. The van der Waals surface area contributed by atoms with Crippen LogP contribution in [0.15, 0.2) is 83.8 Å². The van der Waals surface area contributed by atoms with Crippen LogP contribution >= 0.6 is 0 Å². The van der Waals surface area contributed by atoms with Crippen LogP contribution in [0.2, 0.25) is 0 Å². The second-order valence-electron chi connectivity index (χ2n) is 10.5. The highest BCUT2D eigenvalue weighted by Gasteiger charge is 2.30. The monoisotopic (exact) mass is 581 g/mol. The van der Waals surface area contributed by atoms with Crippen molar-refractivity contribution < 1.29 is 22.4 Å². The van der Waals surface area contributed by atoms with Crippen molar-refractivity contribution in [3.63, 3.8) is 0 Å². The van der Waals surface area contributed by atoms with Crippen molar-refractivity contribution in [1.82, 2.24) is 14.9 Å². The van der Waals surface area contributed by atoms with Gasteiger partial charge in [0.25, 0.3) is 0 Å². The minimum atomic E-state index is -3.57. The van der Waals surface area contributed by atoms with Crippen molar-refractivity contribution in [3.05, 3.63) is 101 Å². The molecular formula is C32H40FN3O4S. The Morgan fingerprint density at radius 1 is 0.878 bits per heavy atom. The fourth-order valence-corrected chi connectivity index (χ4v) is 5.49. The van der Waals surface area contributed by atoms with Crippen molar-refractivity contribution in [3.8, 4) is 0 Å². The molecule has 7 nitrogen and oxygen atoms in total. The maximum atomic E-state index is 13.8. The van der Waals surface area contributed by atoms with Crippen LogP contribution in [0, 0.1) is 11.7 Å². The van der Waals surface area contributed by atoms with Gasteiger partial charge in [0, 0.05) is 32.5 Å². The Bertz CT molecular complexity index is 1360. The van der Waals surface area contributed by atoms with Crippen LogP contribution < -0.4 is 10.0 Å². The minimum Gasteiger partial charge on any atom is -0.354 e. The quantitative estimate of drug-likeness (QED) is 0.268. The highest BCUT2D eigenvalue weighted by atomic mass is 32.2. The van der Waals surface area contributed by atoms with E-state index in [1.54, 1.807) is 36.1 Å². The van der Waals surface area contributed by atoms with Crippen LogP contribution in [0.25, 0.3) is 0 Å². The summed E-state index contributed by atoms with van der Waals surface area (Å²) in [4.78, 5) is 29.1. The molecule has 0 bridgehead atoms. The van der Waals surface area contributed by atoms with Gasteiger partial charge in [-0.25, -0.2) is 17.5 Å². The molecule has 0 aliphatic rings. The third kappa shape index (κ3) is 10.1. The summed E-state index contributed by atoms with van der Waals surface area (Å²) in [5.74, 6) is -0.418. The summed E-state index contributed by atoms with van der Waals surface area (Å²) >= 11 is 0. The largest absolute Gasteiger partial charge is 0.354 e. The number of nitrogens with zero attached hydrogens (tertiary/aromatic N) is 1. The van der Waals surface area contributed by atoms with Crippen LogP contribution in [0.1, 0.15) is 50.3 Å². The first-order chi connectivity index (χ1) is 19.6. The lowest BCUT2D eigenvalue weighted by Crippen LogP contribution is -2.50. The highest BCUT2D eigenvalue weighted by Crippen LogP contribution is 2.18. The molecule has 0 aliphatic heterocycles. The molecule has 2 amide bonds. The highest BCUT2D eigenvalue weighted by molar-refractivity contribution is 7.89. The zero-order chi connectivity index (χ0) is 29.8. The van der Waals surface area contributed by atoms with E-state index in [9.17, 15) is 22.4 Å². The van der Waals surface area contributed by atoms with Gasteiger partial charge in [-0.15, -0.1) is 0 Å². The van der Waals surface area contributed by atoms with E-state index in [0.717, 1.165) is 17.5 Å².